The molecule has 0 aliphatic rings. The lowest BCUT2D eigenvalue weighted by Gasteiger charge is -2.25. The van der Waals surface area contributed by atoms with Gasteiger partial charge in [-0.25, -0.2) is 8.42 Å². The van der Waals surface area contributed by atoms with Gasteiger partial charge in [0.2, 0.25) is 8.64 Å². The van der Waals surface area contributed by atoms with E-state index in [1.807, 2.05) is 27.7 Å². The predicted molar refractivity (Wildman–Crippen MR) is 80.0 cm³/mol. The van der Waals surface area contributed by atoms with E-state index in [0.29, 0.717) is 26.2 Å². The van der Waals surface area contributed by atoms with Crippen molar-refractivity contribution >= 4 is 42.9 Å². The maximum absolute atomic E-state index is 12.2. The average molecular weight is 296 g/mol. The SMILES string of the molecule is CCN(CC)C(=S)S(=O)(=O)C(=S)N(CC)CC. The van der Waals surface area contributed by atoms with Crippen molar-refractivity contribution in [2.45, 2.75) is 27.7 Å². The van der Waals surface area contributed by atoms with Crippen LogP contribution in [-0.2, 0) is 9.84 Å². The third kappa shape index (κ3) is 3.86. The molecule has 0 N–H and O–H groups in total. The highest BCUT2D eigenvalue weighted by molar-refractivity contribution is 8.32. The number of hydrogen-bond acceptors (Lipinski definition) is 4. The van der Waals surface area contributed by atoms with E-state index in [1.54, 1.807) is 9.80 Å². The van der Waals surface area contributed by atoms with E-state index in [9.17, 15) is 8.42 Å². The second kappa shape index (κ2) is 7.23. The molecule has 0 heterocycles. The number of hydrogen-bond donors (Lipinski definition) is 0. The van der Waals surface area contributed by atoms with Crippen LogP contribution in [-0.4, -0.2) is 53.0 Å². The van der Waals surface area contributed by atoms with Crippen molar-refractivity contribution in [3.05, 3.63) is 0 Å². The van der Waals surface area contributed by atoms with Gasteiger partial charge in [-0.1, -0.05) is 0 Å². The fourth-order valence-corrected chi connectivity index (χ4v) is 3.87. The van der Waals surface area contributed by atoms with Gasteiger partial charge in [-0.2, -0.15) is 0 Å². The van der Waals surface area contributed by atoms with Gasteiger partial charge in [0.15, 0.2) is 0 Å². The third-order valence-electron chi connectivity index (χ3n) is 2.50. The molecule has 17 heavy (non-hydrogen) atoms. The Bertz CT molecular complexity index is 341. The largest absolute Gasteiger partial charge is 0.354 e. The fraction of sp³-hybridized carbons (Fsp3) is 0.800. The smallest absolute Gasteiger partial charge is 0.257 e. The maximum Gasteiger partial charge on any atom is 0.257 e. The third-order valence-corrected chi connectivity index (χ3v) is 5.77. The Labute approximate surface area is 115 Å². The highest BCUT2D eigenvalue weighted by Crippen LogP contribution is 2.08. The summed E-state index contributed by atoms with van der Waals surface area (Å²) in [4.78, 5) is 3.25. The van der Waals surface area contributed by atoms with Crippen molar-refractivity contribution in [1.82, 2.24) is 9.80 Å². The zero-order valence-electron chi connectivity index (χ0n) is 10.8. The second-order valence-corrected chi connectivity index (χ2v) is 6.45. The minimum Gasteiger partial charge on any atom is -0.354 e. The van der Waals surface area contributed by atoms with E-state index in [4.69, 9.17) is 24.4 Å². The summed E-state index contributed by atoms with van der Waals surface area (Å²) in [6, 6.07) is 0. The Balaban J connectivity index is 5.14. The van der Waals surface area contributed by atoms with Gasteiger partial charge in [-0.05, 0) is 52.1 Å². The van der Waals surface area contributed by atoms with Crippen molar-refractivity contribution < 1.29 is 8.42 Å². The van der Waals surface area contributed by atoms with Crippen molar-refractivity contribution in [3.63, 3.8) is 0 Å². The van der Waals surface area contributed by atoms with Crippen LogP contribution in [0, 0.1) is 0 Å². The van der Waals surface area contributed by atoms with Crippen LogP contribution in [0.25, 0.3) is 0 Å². The fourth-order valence-electron chi connectivity index (χ4n) is 1.38. The molecule has 0 rings (SSSR count). The highest BCUT2D eigenvalue weighted by Gasteiger charge is 2.30. The molecule has 0 saturated carbocycles. The monoisotopic (exact) mass is 296 g/mol. The van der Waals surface area contributed by atoms with Crippen LogP contribution in [0.3, 0.4) is 0 Å². The molecule has 0 aromatic carbocycles. The van der Waals surface area contributed by atoms with Crippen molar-refractivity contribution in [2.24, 2.45) is 0 Å². The van der Waals surface area contributed by atoms with Gasteiger partial charge in [-0.15, -0.1) is 0 Å². The van der Waals surface area contributed by atoms with Gasteiger partial charge >= 0.3 is 0 Å². The minimum absolute atomic E-state index is 0.0700. The van der Waals surface area contributed by atoms with Crippen LogP contribution >= 0.6 is 24.4 Å². The molecule has 100 valence electrons. The molecule has 0 unspecified atom stereocenters. The summed E-state index contributed by atoms with van der Waals surface area (Å²) >= 11 is 10.0. The molecule has 0 bridgehead atoms. The van der Waals surface area contributed by atoms with E-state index in [-0.39, 0.29) is 8.64 Å². The van der Waals surface area contributed by atoms with E-state index in [2.05, 4.69) is 0 Å². The topological polar surface area (TPSA) is 40.6 Å². The molecule has 0 radical (unpaired) electrons. The summed E-state index contributed by atoms with van der Waals surface area (Å²) in [5.74, 6) is 0. The normalized spacial score (nSPS) is 11.1. The Morgan fingerprint density at radius 1 is 0.824 bits per heavy atom. The first kappa shape index (κ1) is 16.7. The van der Waals surface area contributed by atoms with Crippen LogP contribution in [0.15, 0.2) is 0 Å². The lowest BCUT2D eigenvalue weighted by Crippen LogP contribution is -2.43. The first-order valence-corrected chi connectivity index (χ1v) is 7.99. The van der Waals surface area contributed by atoms with E-state index < -0.39 is 9.84 Å². The predicted octanol–water partition coefficient (Wildman–Crippen LogP) is 1.65. The van der Waals surface area contributed by atoms with Crippen LogP contribution < -0.4 is 0 Å². The van der Waals surface area contributed by atoms with Gasteiger partial charge in [0, 0.05) is 26.2 Å². The number of nitrogens with zero attached hydrogens (tertiary/aromatic N) is 2. The molecule has 0 aromatic heterocycles. The average Bonchev–Trinajstić information content (AvgIpc) is 2.31. The summed E-state index contributed by atoms with van der Waals surface area (Å²) in [5.41, 5.74) is 0. The molecule has 0 fully saturated rings. The molecule has 0 atom stereocenters. The molecule has 0 aromatic rings. The zero-order chi connectivity index (χ0) is 13.6. The van der Waals surface area contributed by atoms with E-state index >= 15 is 0 Å². The molecule has 0 aliphatic carbocycles. The first-order valence-electron chi connectivity index (χ1n) is 5.69. The van der Waals surface area contributed by atoms with Gasteiger partial charge in [-0.3, -0.25) is 0 Å². The zero-order valence-corrected chi connectivity index (χ0v) is 13.2. The van der Waals surface area contributed by atoms with Crippen molar-refractivity contribution in [1.29, 1.82) is 0 Å². The summed E-state index contributed by atoms with van der Waals surface area (Å²) in [6.45, 7) is 9.73. The Hall–Kier alpha value is -0.270. The van der Waals surface area contributed by atoms with Crippen LogP contribution in [0.4, 0.5) is 0 Å². The molecular formula is C10H20N2O2S3. The Morgan fingerprint density at radius 3 is 1.24 bits per heavy atom. The molecular weight excluding hydrogens is 276 g/mol. The van der Waals surface area contributed by atoms with Gasteiger partial charge < -0.3 is 9.80 Å². The summed E-state index contributed by atoms with van der Waals surface area (Å²) in [7, 11) is -3.67. The Kier molecular flexibility index (Phi) is 7.11. The summed E-state index contributed by atoms with van der Waals surface area (Å²) in [5, 5.41) is 0. The molecule has 4 nitrogen and oxygen atoms in total. The van der Waals surface area contributed by atoms with Crippen LogP contribution in [0.1, 0.15) is 27.7 Å². The lowest BCUT2D eigenvalue weighted by molar-refractivity contribution is 0.469. The minimum atomic E-state index is -3.67. The molecule has 0 spiro atoms. The molecule has 0 amide bonds. The molecule has 0 aliphatic heterocycles. The standard InChI is InChI=1S/C10H20N2O2S3/c1-5-11(6-2)9(15)17(13,14)10(16)12(7-3)8-4/h5-8H2,1-4H3. The number of thiocarbonyl (C=S) groups is 2. The van der Waals surface area contributed by atoms with Crippen molar-refractivity contribution in [2.75, 3.05) is 26.2 Å². The van der Waals surface area contributed by atoms with Crippen LogP contribution in [0.5, 0.6) is 0 Å². The number of rotatable bonds is 4. The quantitative estimate of drug-likeness (QED) is 0.735. The maximum atomic E-state index is 12.2. The van der Waals surface area contributed by atoms with Gasteiger partial charge in [0.05, 0.1) is 0 Å². The van der Waals surface area contributed by atoms with Gasteiger partial charge in [0.25, 0.3) is 9.84 Å². The Morgan fingerprint density at radius 2 is 1.06 bits per heavy atom. The van der Waals surface area contributed by atoms with E-state index in [1.165, 1.54) is 0 Å². The second-order valence-electron chi connectivity index (χ2n) is 3.38. The summed E-state index contributed by atoms with van der Waals surface area (Å²) in [6.07, 6.45) is 0. The lowest BCUT2D eigenvalue weighted by atomic mass is 10.6. The van der Waals surface area contributed by atoms with Gasteiger partial charge in [0.1, 0.15) is 0 Å². The summed E-state index contributed by atoms with van der Waals surface area (Å²) < 4.78 is 24.2. The highest BCUT2D eigenvalue weighted by atomic mass is 32.2. The molecule has 0 saturated heterocycles. The van der Waals surface area contributed by atoms with Crippen LogP contribution in [0.2, 0.25) is 0 Å². The molecule has 7 heteroatoms. The van der Waals surface area contributed by atoms with Crippen molar-refractivity contribution in [3.8, 4) is 0 Å². The first-order chi connectivity index (χ1) is 7.86. The number of sulfone groups is 1. The van der Waals surface area contributed by atoms with E-state index in [0.717, 1.165) is 0 Å².